The number of halogens is 2. The zero-order chi connectivity index (χ0) is 22.5. The van der Waals surface area contributed by atoms with Gasteiger partial charge in [0.25, 0.3) is 0 Å². The summed E-state index contributed by atoms with van der Waals surface area (Å²) in [6.45, 7) is 0.883. The van der Waals surface area contributed by atoms with Gasteiger partial charge in [0.2, 0.25) is 12.2 Å². The van der Waals surface area contributed by atoms with Crippen molar-refractivity contribution in [3.8, 4) is 22.5 Å². The predicted molar refractivity (Wildman–Crippen MR) is 118 cm³/mol. The van der Waals surface area contributed by atoms with Crippen LogP contribution in [0, 0.1) is 5.82 Å². The number of benzene rings is 1. The minimum Gasteiger partial charge on any atom is -0.388 e. The number of hydrogen-bond donors (Lipinski definition) is 1. The predicted octanol–water partition coefficient (Wildman–Crippen LogP) is 3.83. The van der Waals surface area contributed by atoms with E-state index in [4.69, 9.17) is 0 Å². The van der Waals surface area contributed by atoms with Gasteiger partial charge in [-0.3, -0.25) is 14.2 Å². The van der Waals surface area contributed by atoms with Gasteiger partial charge in [0.15, 0.2) is 0 Å². The lowest BCUT2D eigenvalue weighted by atomic mass is 10.1. The molecule has 0 aliphatic carbocycles. The Balaban J connectivity index is 0.000000260. The monoisotopic (exact) mass is 436 g/mol. The van der Waals surface area contributed by atoms with Crippen LogP contribution in [-0.4, -0.2) is 57.0 Å². The fourth-order valence-corrected chi connectivity index (χ4v) is 3.40. The summed E-state index contributed by atoms with van der Waals surface area (Å²) in [7, 11) is 1.79. The normalized spacial score (nSPS) is 15.3. The first-order valence-electron chi connectivity index (χ1n) is 10.1. The third-order valence-corrected chi connectivity index (χ3v) is 5.11. The van der Waals surface area contributed by atoms with E-state index < -0.39 is 6.17 Å². The smallest absolute Gasteiger partial charge is 0.234 e. The maximum Gasteiger partial charge on any atom is 0.234 e. The topological polar surface area (TPSA) is 75.4 Å². The Labute approximate surface area is 183 Å². The molecular weight excluding hydrogens is 414 g/mol. The zero-order valence-corrected chi connectivity index (χ0v) is 17.4. The molecule has 0 spiro atoms. The fraction of sp³-hybridized carbons (Fsp3) is 0.217. The van der Waals surface area contributed by atoms with Crippen LogP contribution < -0.4 is 5.32 Å². The number of anilines is 1. The van der Waals surface area contributed by atoms with E-state index in [0.29, 0.717) is 43.0 Å². The molecule has 1 amide bonds. The number of pyridine rings is 1. The molecule has 0 saturated carbocycles. The Morgan fingerprint density at radius 2 is 2.03 bits per heavy atom. The molecule has 0 bridgehead atoms. The lowest BCUT2D eigenvalue weighted by Crippen LogP contribution is -2.18. The summed E-state index contributed by atoms with van der Waals surface area (Å²) in [5.41, 5.74) is 3.50. The van der Waals surface area contributed by atoms with Crippen LogP contribution in [0.5, 0.6) is 0 Å². The van der Waals surface area contributed by atoms with Gasteiger partial charge in [-0.25, -0.2) is 18.7 Å². The molecule has 1 saturated heterocycles. The second-order valence-corrected chi connectivity index (χ2v) is 7.32. The van der Waals surface area contributed by atoms with E-state index in [1.165, 1.54) is 11.0 Å². The van der Waals surface area contributed by atoms with E-state index in [9.17, 15) is 13.6 Å². The second-order valence-electron chi connectivity index (χ2n) is 7.32. The number of aromatic nitrogens is 4. The van der Waals surface area contributed by atoms with E-state index in [0.717, 1.165) is 16.9 Å². The molecule has 0 radical (unpaired) electrons. The average Bonchev–Trinajstić information content (AvgIpc) is 3.45. The van der Waals surface area contributed by atoms with Crippen LogP contribution in [0.4, 0.5) is 14.5 Å². The van der Waals surface area contributed by atoms with Gasteiger partial charge in [-0.05, 0) is 36.8 Å². The number of imidazole rings is 1. The molecule has 32 heavy (non-hydrogen) atoms. The highest BCUT2D eigenvalue weighted by molar-refractivity contribution is 5.68. The molecule has 1 fully saturated rings. The second kappa shape index (κ2) is 9.51. The Bertz CT molecular complexity index is 1210. The lowest BCUT2D eigenvalue weighted by molar-refractivity contribution is -0.117. The molecule has 4 aromatic rings. The lowest BCUT2D eigenvalue weighted by Gasteiger charge is -2.03. The van der Waals surface area contributed by atoms with E-state index in [-0.39, 0.29) is 5.82 Å². The molecule has 164 valence electrons. The number of amides is 1. The number of rotatable bonds is 4. The van der Waals surface area contributed by atoms with Crippen LogP contribution in [0.1, 0.15) is 6.42 Å². The van der Waals surface area contributed by atoms with Gasteiger partial charge in [-0.15, -0.1) is 0 Å². The molecule has 1 aromatic carbocycles. The summed E-state index contributed by atoms with van der Waals surface area (Å²) >= 11 is 0. The quantitative estimate of drug-likeness (QED) is 0.492. The van der Waals surface area contributed by atoms with Crippen LogP contribution in [0.2, 0.25) is 0 Å². The first-order chi connectivity index (χ1) is 15.6. The molecule has 1 unspecified atom stereocenters. The van der Waals surface area contributed by atoms with E-state index in [1.54, 1.807) is 42.2 Å². The van der Waals surface area contributed by atoms with Gasteiger partial charge in [0.05, 0.1) is 17.9 Å². The van der Waals surface area contributed by atoms with Crippen LogP contribution >= 0.6 is 0 Å². The average molecular weight is 436 g/mol. The van der Waals surface area contributed by atoms with Gasteiger partial charge in [-0.2, -0.15) is 0 Å². The van der Waals surface area contributed by atoms with Crippen LogP contribution in [0.3, 0.4) is 0 Å². The molecular formula is C23H22F2N6O. The van der Waals surface area contributed by atoms with Crippen molar-refractivity contribution in [2.45, 2.75) is 12.6 Å². The maximum atomic E-state index is 14.2. The summed E-state index contributed by atoms with van der Waals surface area (Å²) in [5, 5.41) is 3.00. The van der Waals surface area contributed by atoms with Crippen molar-refractivity contribution in [2.24, 2.45) is 0 Å². The summed E-state index contributed by atoms with van der Waals surface area (Å²) in [6, 6.07) is 10.5. The van der Waals surface area contributed by atoms with Gasteiger partial charge < -0.3 is 10.2 Å². The molecule has 5 rings (SSSR count). The third kappa shape index (κ3) is 4.72. The summed E-state index contributed by atoms with van der Waals surface area (Å²) in [4.78, 5) is 24.4. The fourth-order valence-electron chi connectivity index (χ4n) is 3.40. The van der Waals surface area contributed by atoms with E-state index >= 15 is 0 Å². The molecule has 3 aromatic heterocycles. The van der Waals surface area contributed by atoms with Crippen molar-refractivity contribution in [3.63, 3.8) is 0 Å². The van der Waals surface area contributed by atoms with Gasteiger partial charge in [0, 0.05) is 55.2 Å². The summed E-state index contributed by atoms with van der Waals surface area (Å²) in [5.74, 6) is 0.196. The highest BCUT2D eigenvalue weighted by Crippen LogP contribution is 2.26. The van der Waals surface area contributed by atoms with E-state index in [1.807, 2.05) is 24.4 Å². The van der Waals surface area contributed by atoms with E-state index in [2.05, 4.69) is 20.3 Å². The zero-order valence-electron chi connectivity index (χ0n) is 17.4. The highest BCUT2D eigenvalue weighted by Gasteiger charge is 2.19. The van der Waals surface area contributed by atoms with Gasteiger partial charge in [0.1, 0.15) is 12.0 Å². The molecule has 1 atom stereocenters. The number of carbonyl (C=O) groups is 1. The minimum absolute atomic E-state index is 0.295. The summed E-state index contributed by atoms with van der Waals surface area (Å²) in [6.07, 6.45) is 7.54. The van der Waals surface area contributed by atoms with Crippen molar-refractivity contribution < 1.29 is 13.6 Å². The van der Waals surface area contributed by atoms with Crippen molar-refractivity contribution in [1.82, 2.24) is 24.3 Å². The number of fused-ring (bicyclic) bond motifs is 1. The molecule has 1 aliphatic rings. The largest absolute Gasteiger partial charge is 0.388 e. The first kappa shape index (κ1) is 21.4. The standard InChI is InChI=1S/C18H14FN5.C5H8FNO/c1-20-13-5-6-15(19)14(8-13)17-11-24-10-12(9-22-18(24)23-17)16-4-2-3-7-21-16;6-5-1-2-7(3-5)4-8/h2-11,20H,1H3;4-5H,1-3H2. The Kier molecular flexibility index (Phi) is 6.34. The number of hydrogen-bond acceptors (Lipinski definition) is 5. The van der Waals surface area contributed by atoms with Crippen molar-refractivity contribution in [3.05, 3.63) is 67.0 Å². The van der Waals surface area contributed by atoms with Crippen molar-refractivity contribution in [2.75, 3.05) is 25.5 Å². The highest BCUT2D eigenvalue weighted by atomic mass is 19.1. The molecule has 4 heterocycles. The van der Waals surface area contributed by atoms with Gasteiger partial charge >= 0.3 is 0 Å². The maximum absolute atomic E-state index is 14.2. The van der Waals surface area contributed by atoms with Crippen LogP contribution in [0.25, 0.3) is 28.3 Å². The summed E-state index contributed by atoms with van der Waals surface area (Å²) < 4.78 is 28.1. The third-order valence-electron chi connectivity index (χ3n) is 5.11. The minimum atomic E-state index is -0.778. The number of likely N-dealkylation sites (tertiary alicyclic amines) is 1. The number of alkyl halides is 1. The van der Waals surface area contributed by atoms with Crippen molar-refractivity contribution in [1.29, 1.82) is 0 Å². The molecule has 1 aliphatic heterocycles. The first-order valence-corrected chi connectivity index (χ1v) is 10.1. The molecule has 9 heteroatoms. The van der Waals surface area contributed by atoms with Crippen LogP contribution in [-0.2, 0) is 4.79 Å². The Morgan fingerprint density at radius 1 is 1.16 bits per heavy atom. The number of nitrogens with zero attached hydrogens (tertiary/aromatic N) is 5. The SMILES string of the molecule is CNc1ccc(F)c(-c2cn3cc(-c4ccccn4)cnc3n2)c1.O=CN1CCC(F)C1. The number of nitrogens with one attached hydrogen (secondary N) is 1. The van der Waals surface area contributed by atoms with Crippen molar-refractivity contribution >= 4 is 17.9 Å². The Morgan fingerprint density at radius 3 is 2.69 bits per heavy atom. The molecule has 7 nitrogen and oxygen atoms in total. The Hall–Kier alpha value is -3.88. The number of carbonyl (C=O) groups excluding carboxylic acids is 1. The van der Waals surface area contributed by atoms with Crippen LogP contribution in [0.15, 0.2) is 61.2 Å². The molecule has 1 N–H and O–H groups in total. The van der Waals surface area contributed by atoms with Gasteiger partial charge in [-0.1, -0.05) is 6.07 Å².